The van der Waals surface area contributed by atoms with Crippen LogP contribution in [0.1, 0.15) is 38.2 Å². The van der Waals surface area contributed by atoms with E-state index < -0.39 is 0 Å². The monoisotopic (exact) mass is 310 g/mol. The van der Waals surface area contributed by atoms with Crippen molar-refractivity contribution in [2.45, 2.75) is 39.0 Å². The molecule has 1 amide bonds. The van der Waals surface area contributed by atoms with Gasteiger partial charge in [-0.2, -0.15) is 0 Å². The molecule has 0 fully saturated rings. The van der Waals surface area contributed by atoms with Crippen molar-refractivity contribution in [2.24, 2.45) is 0 Å². The number of halogens is 1. The topological polar surface area (TPSA) is 42.0 Å². The number of hydrogen-bond acceptors (Lipinski definition) is 3. The smallest absolute Gasteiger partial charge is 0.226 e. The van der Waals surface area contributed by atoms with Gasteiger partial charge >= 0.3 is 0 Å². The maximum absolute atomic E-state index is 11.7. The Labute approximate surface area is 128 Å². The maximum atomic E-state index is 11.7. The lowest BCUT2D eigenvalue weighted by atomic mass is 10.1. The highest BCUT2D eigenvalue weighted by molar-refractivity contribution is 7.22. The maximum Gasteiger partial charge on any atom is 0.226 e. The molecule has 0 atom stereocenters. The van der Waals surface area contributed by atoms with Crippen LogP contribution in [-0.2, 0) is 11.2 Å². The van der Waals surface area contributed by atoms with Crippen LogP contribution in [0.3, 0.4) is 0 Å². The number of anilines is 1. The predicted molar refractivity (Wildman–Crippen MR) is 86.8 cm³/mol. The molecule has 1 aromatic heterocycles. The van der Waals surface area contributed by atoms with E-state index in [2.05, 4.69) is 29.4 Å². The summed E-state index contributed by atoms with van der Waals surface area (Å²) < 4.78 is 1.13. The number of unbranched alkanes of at least 4 members (excludes halogenated alkanes) is 1. The second kappa shape index (κ2) is 7.60. The quantitative estimate of drug-likeness (QED) is 0.760. The number of aromatic nitrogens is 1. The minimum atomic E-state index is -0.0177. The molecule has 0 aliphatic heterocycles. The number of benzene rings is 1. The van der Waals surface area contributed by atoms with E-state index in [1.54, 1.807) is 0 Å². The number of fused-ring (bicyclic) bond motifs is 1. The summed E-state index contributed by atoms with van der Waals surface area (Å²) in [7, 11) is 0. The van der Waals surface area contributed by atoms with Gasteiger partial charge in [-0.15, -0.1) is 11.6 Å². The van der Waals surface area contributed by atoms with Crippen molar-refractivity contribution in [3.05, 3.63) is 23.8 Å². The molecule has 0 bridgehead atoms. The average Bonchev–Trinajstić information content (AvgIpc) is 2.84. The Bertz CT molecular complexity index is 582. The van der Waals surface area contributed by atoms with Crippen molar-refractivity contribution in [1.29, 1.82) is 0 Å². The summed E-state index contributed by atoms with van der Waals surface area (Å²) in [4.78, 5) is 16.1. The molecule has 1 heterocycles. The Balaban J connectivity index is 2.06. The zero-order chi connectivity index (χ0) is 14.4. The summed E-state index contributed by atoms with van der Waals surface area (Å²) in [5.41, 5.74) is 2.28. The van der Waals surface area contributed by atoms with E-state index in [9.17, 15) is 4.79 Å². The molecular formula is C15H19ClN2OS. The molecule has 0 aliphatic carbocycles. The van der Waals surface area contributed by atoms with Gasteiger partial charge in [0.05, 0.1) is 10.2 Å². The lowest BCUT2D eigenvalue weighted by molar-refractivity contribution is -0.116. The van der Waals surface area contributed by atoms with Crippen molar-refractivity contribution in [3.63, 3.8) is 0 Å². The summed E-state index contributed by atoms with van der Waals surface area (Å²) in [6.45, 7) is 2.19. The van der Waals surface area contributed by atoms with Gasteiger partial charge in [0.2, 0.25) is 5.91 Å². The van der Waals surface area contributed by atoms with Gasteiger partial charge in [0.15, 0.2) is 5.13 Å². The molecule has 0 saturated carbocycles. The second-order valence-corrected chi connectivity index (χ2v) is 6.17. The van der Waals surface area contributed by atoms with E-state index >= 15 is 0 Å². The summed E-state index contributed by atoms with van der Waals surface area (Å²) >= 11 is 7.11. The molecule has 2 aromatic rings. The van der Waals surface area contributed by atoms with Crippen molar-refractivity contribution in [2.75, 3.05) is 11.2 Å². The van der Waals surface area contributed by atoms with Crippen molar-refractivity contribution < 1.29 is 4.79 Å². The summed E-state index contributed by atoms with van der Waals surface area (Å²) in [6.07, 6.45) is 4.64. The minimum Gasteiger partial charge on any atom is -0.302 e. The first-order valence-corrected chi connectivity index (χ1v) is 8.33. The van der Waals surface area contributed by atoms with Gasteiger partial charge in [-0.05, 0) is 37.0 Å². The van der Waals surface area contributed by atoms with Crippen molar-refractivity contribution in [1.82, 2.24) is 4.98 Å². The standard InChI is InChI=1S/C15H19ClN2OS/c1-2-3-5-11-7-8-12-13(10-11)20-15(17-12)18-14(19)6-4-9-16/h7-8,10H,2-6,9H2,1H3,(H,17,18,19). The first kappa shape index (κ1) is 15.3. The molecule has 1 N–H and O–H groups in total. The minimum absolute atomic E-state index is 0.0177. The van der Waals surface area contributed by atoms with Gasteiger partial charge in [-0.1, -0.05) is 30.7 Å². The van der Waals surface area contributed by atoms with Crippen LogP contribution in [0.5, 0.6) is 0 Å². The Morgan fingerprint density at radius 3 is 3.00 bits per heavy atom. The predicted octanol–water partition coefficient (Wildman–Crippen LogP) is 4.60. The number of alkyl halides is 1. The molecule has 5 heteroatoms. The van der Waals surface area contributed by atoms with E-state index in [-0.39, 0.29) is 5.91 Å². The molecule has 0 unspecified atom stereocenters. The van der Waals surface area contributed by atoms with Crippen molar-refractivity contribution in [3.8, 4) is 0 Å². The van der Waals surface area contributed by atoms with Crippen LogP contribution >= 0.6 is 22.9 Å². The average molecular weight is 311 g/mol. The number of rotatable bonds is 7. The number of aryl methyl sites for hydroxylation is 1. The van der Waals surface area contributed by atoms with Gasteiger partial charge in [-0.3, -0.25) is 4.79 Å². The number of nitrogens with one attached hydrogen (secondary N) is 1. The van der Waals surface area contributed by atoms with Crippen LogP contribution in [0.4, 0.5) is 5.13 Å². The zero-order valence-corrected chi connectivity index (χ0v) is 13.2. The Morgan fingerprint density at radius 1 is 1.40 bits per heavy atom. The molecule has 0 saturated heterocycles. The van der Waals surface area contributed by atoms with Gasteiger partial charge in [0.1, 0.15) is 0 Å². The van der Waals surface area contributed by atoms with Gasteiger partial charge in [0.25, 0.3) is 0 Å². The Hall–Kier alpha value is -1.13. The fourth-order valence-electron chi connectivity index (χ4n) is 1.97. The number of thiazole rings is 1. The third-order valence-electron chi connectivity index (χ3n) is 3.06. The number of hydrogen-bond donors (Lipinski definition) is 1. The third-order valence-corrected chi connectivity index (χ3v) is 4.26. The lowest BCUT2D eigenvalue weighted by Gasteiger charge is -1.98. The molecule has 3 nitrogen and oxygen atoms in total. The summed E-state index contributed by atoms with van der Waals surface area (Å²) in [6, 6.07) is 6.33. The van der Waals surface area contributed by atoms with Crippen LogP contribution in [0.2, 0.25) is 0 Å². The van der Waals surface area contributed by atoms with Crippen LogP contribution < -0.4 is 5.32 Å². The molecule has 2 rings (SSSR count). The molecule has 108 valence electrons. The highest BCUT2D eigenvalue weighted by atomic mass is 35.5. The highest BCUT2D eigenvalue weighted by Crippen LogP contribution is 2.27. The molecule has 0 spiro atoms. The molecule has 20 heavy (non-hydrogen) atoms. The lowest BCUT2D eigenvalue weighted by Crippen LogP contribution is -2.10. The molecular weight excluding hydrogens is 292 g/mol. The van der Waals surface area contributed by atoms with Crippen LogP contribution in [0, 0.1) is 0 Å². The van der Waals surface area contributed by atoms with E-state index in [0.29, 0.717) is 23.9 Å². The van der Waals surface area contributed by atoms with Crippen LogP contribution in [0.25, 0.3) is 10.2 Å². The van der Waals surface area contributed by atoms with Gasteiger partial charge in [-0.25, -0.2) is 4.98 Å². The van der Waals surface area contributed by atoms with Gasteiger partial charge < -0.3 is 5.32 Å². The number of amides is 1. The normalized spacial score (nSPS) is 10.9. The molecule has 0 aliphatic rings. The summed E-state index contributed by atoms with van der Waals surface area (Å²) in [5.74, 6) is 0.490. The van der Waals surface area contributed by atoms with Crippen LogP contribution in [-0.4, -0.2) is 16.8 Å². The van der Waals surface area contributed by atoms with E-state index in [0.717, 1.165) is 16.6 Å². The number of nitrogens with zero attached hydrogens (tertiary/aromatic N) is 1. The molecule has 1 aromatic carbocycles. The van der Waals surface area contributed by atoms with E-state index in [4.69, 9.17) is 11.6 Å². The first-order chi connectivity index (χ1) is 9.72. The van der Waals surface area contributed by atoms with Crippen LogP contribution in [0.15, 0.2) is 18.2 Å². The largest absolute Gasteiger partial charge is 0.302 e. The zero-order valence-electron chi connectivity index (χ0n) is 11.6. The fraction of sp³-hybridized carbons (Fsp3) is 0.467. The second-order valence-electron chi connectivity index (χ2n) is 4.77. The Kier molecular flexibility index (Phi) is 5.80. The van der Waals surface area contributed by atoms with Crippen molar-refractivity contribution >= 4 is 44.2 Å². The van der Waals surface area contributed by atoms with E-state index in [1.807, 2.05) is 6.07 Å². The van der Waals surface area contributed by atoms with E-state index in [1.165, 1.54) is 29.7 Å². The fourth-order valence-corrected chi connectivity index (χ4v) is 3.05. The highest BCUT2D eigenvalue weighted by Gasteiger charge is 2.08. The van der Waals surface area contributed by atoms with Gasteiger partial charge in [0, 0.05) is 12.3 Å². The number of carbonyl (C=O) groups excluding carboxylic acids is 1. The third kappa shape index (κ3) is 4.18. The first-order valence-electron chi connectivity index (χ1n) is 6.98. The molecule has 0 radical (unpaired) electrons. The SMILES string of the molecule is CCCCc1ccc2nc(NC(=O)CCCCl)sc2c1. The summed E-state index contributed by atoms with van der Waals surface area (Å²) in [5, 5.41) is 3.51. The number of carbonyl (C=O) groups is 1. The Morgan fingerprint density at radius 2 is 2.25 bits per heavy atom.